The molecule has 88 valence electrons. The van der Waals surface area contributed by atoms with Crippen molar-refractivity contribution in [2.24, 2.45) is 0 Å². The molecule has 0 unspecified atom stereocenters. The number of hydrogen-bond acceptors (Lipinski definition) is 3. The molecule has 16 heavy (non-hydrogen) atoms. The molecule has 0 aliphatic carbocycles. The van der Waals surface area contributed by atoms with Gasteiger partial charge in [0.15, 0.2) is 12.2 Å². The normalized spacial score (nSPS) is 10.9. The zero-order chi connectivity index (χ0) is 12.0. The number of rotatable bonds is 5. The largest absolute Gasteiger partial charge is 0.465 e. The fraction of sp³-hybridized carbons (Fsp3) is 0.500. The van der Waals surface area contributed by atoms with Crippen LogP contribution in [0.2, 0.25) is 0 Å². The summed E-state index contributed by atoms with van der Waals surface area (Å²) in [5, 5.41) is 0. The van der Waals surface area contributed by atoms with Gasteiger partial charge in [-0.25, -0.2) is 0 Å². The number of allylic oxidation sites excluding steroid dienone is 2. The lowest BCUT2D eigenvalue weighted by atomic mass is 10.3. The van der Waals surface area contributed by atoms with Crippen molar-refractivity contribution in [3.8, 4) is 0 Å². The number of carbonyl (C=O) groups is 1. The number of ether oxygens (including phenoxy) is 1. The van der Waals surface area contributed by atoms with Gasteiger partial charge < -0.3 is 4.74 Å². The quantitative estimate of drug-likeness (QED) is 0.448. The molecular formula is C12H18NO2S+. The number of aromatic nitrogens is 1. The first-order chi connectivity index (χ1) is 7.65. The van der Waals surface area contributed by atoms with E-state index in [0.29, 0.717) is 6.61 Å². The van der Waals surface area contributed by atoms with E-state index in [1.165, 1.54) is 17.5 Å². The van der Waals surface area contributed by atoms with E-state index in [4.69, 9.17) is 4.74 Å². The maximum atomic E-state index is 10.6. The van der Waals surface area contributed by atoms with Crippen molar-refractivity contribution in [3.63, 3.8) is 0 Å². The van der Waals surface area contributed by atoms with Gasteiger partial charge in [-0.3, -0.25) is 4.79 Å². The van der Waals surface area contributed by atoms with Crippen LogP contribution in [0.5, 0.6) is 0 Å². The minimum Gasteiger partial charge on any atom is -0.465 e. The summed E-state index contributed by atoms with van der Waals surface area (Å²) >= 11 is 1.72. The third-order valence-electron chi connectivity index (χ3n) is 2.33. The molecule has 0 amide bonds. The molecule has 0 fully saturated rings. The summed E-state index contributed by atoms with van der Waals surface area (Å²) in [6, 6.07) is 0. The average Bonchev–Trinajstić information content (AvgIpc) is 2.57. The highest BCUT2D eigenvalue weighted by Crippen LogP contribution is 2.11. The molecule has 1 aromatic rings. The predicted octanol–water partition coefficient (Wildman–Crippen LogP) is 2.03. The molecule has 0 aliphatic rings. The first-order valence-electron chi connectivity index (χ1n) is 5.36. The van der Waals surface area contributed by atoms with Gasteiger partial charge in [0, 0.05) is 20.3 Å². The van der Waals surface area contributed by atoms with Crippen LogP contribution in [0.25, 0.3) is 0 Å². The van der Waals surface area contributed by atoms with Gasteiger partial charge in [-0.2, -0.15) is 4.57 Å². The molecule has 4 heteroatoms. The number of carbonyl (C=O) groups excluding carboxylic acids is 1. The van der Waals surface area contributed by atoms with Crippen LogP contribution in [-0.2, 0) is 22.5 Å². The van der Waals surface area contributed by atoms with Crippen LogP contribution in [0.4, 0.5) is 0 Å². The van der Waals surface area contributed by atoms with Crippen LogP contribution >= 0.6 is 11.3 Å². The monoisotopic (exact) mass is 240 g/mol. The maximum Gasteiger partial charge on any atom is 0.302 e. The molecule has 0 aromatic carbocycles. The standard InChI is InChI=1S/C12H18NO2S/c1-4-5-7-13-9-16-12(10(13)2)6-8-15-11(3)14/h4-5,9H,6-8H2,1-3H3/q+1/b5-4+. The van der Waals surface area contributed by atoms with Crippen LogP contribution in [0.1, 0.15) is 24.4 Å². The highest BCUT2D eigenvalue weighted by molar-refractivity contribution is 7.09. The molecule has 0 atom stereocenters. The molecule has 0 aliphatic heterocycles. The van der Waals surface area contributed by atoms with Crippen LogP contribution in [-0.4, -0.2) is 12.6 Å². The fourth-order valence-corrected chi connectivity index (χ4v) is 2.37. The first-order valence-corrected chi connectivity index (χ1v) is 6.24. The Bertz CT molecular complexity index is 382. The fourth-order valence-electron chi connectivity index (χ4n) is 1.38. The molecule has 0 saturated heterocycles. The Balaban J connectivity index is 2.54. The van der Waals surface area contributed by atoms with Gasteiger partial charge in [0.25, 0.3) is 0 Å². The molecule has 3 nitrogen and oxygen atoms in total. The molecule has 0 saturated carbocycles. The summed E-state index contributed by atoms with van der Waals surface area (Å²) in [4.78, 5) is 11.9. The van der Waals surface area contributed by atoms with Gasteiger partial charge in [0.2, 0.25) is 5.51 Å². The van der Waals surface area contributed by atoms with Gasteiger partial charge >= 0.3 is 5.97 Å². The van der Waals surface area contributed by atoms with Gasteiger partial charge in [-0.1, -0.05) is 17.4 Å². The van der Waals surface area contributed by atoms with Crippen molar-refractivity contribution in [3.05, 3.63) is 28.2 Å². The van der Waals surface area contributed by atoms with E-state index in [1.807, 2.05) is 13.0 Å². The molecular weight excluding hydrogens is 222 g/mol. The van der Waals surface area contributed by atoms with Crippen molar-refractivity contribution in [2.45, 2.75) is 33.7 Å². The topological polar surface area (TPSA) is 30.2 Å². The third-order valence-corrected chi connectivity index (χ3v) is 3.47. The van der Waals surface area contributed by atoms with Crippen molar-refractivity contribution >= 4 is 17.3 Å². The van der Waals surface area contributed by atoms with Gasteiger partial charge in [-0.15, -0.1) is 0 Å². The van der Waals surface area contributed by atoms with Gasteiger partial charge in [-0.05, 0) is 13.0 Å². The van der Waals surface area contributed by atoms with Crippen LogP contribution in [0, 0.1) is 6.92 Å². The predicted molar refractivity (Wildman–Crippen MR) is 64.4 cm³/mol. The Morgan fingerprint density at radius 1 is 1.62 bits per heavy atom. The van der Waals surface area contributed by atoms with E-state index in [2.05, 4.69) is 23.1 Å². The minimum absolute atomic E-state index is 0.212. The van der Waals surface area contributed by atoms with Crippen molar-refractivity contribution in [1.29, 1.82) is 0 Å². The Hall–Kier alpha value is -1.16. The van der Waals surface area contributed by atoms with E-state index in [9.17, 15) is 4.79 Å². The van der Waals surface area contributed by atoms with E-state index >= 15 is 0 Å². The van der Waals surface area contributed by atoms with Gasteiger partial charge in [0.05, 0.1) is 11.5 Å². The molecule has 0 N–H and O–H groups in total. The van der Waals surface area contributed by atoms with Crippen LogP contribution in [0.3, 0.4) is 0 Å². The average molecular weight is 240 g/mol. The second-order valence-electron chi connectivity index (χ2n) is 3.54. The molecule has 0 spiro atoms. The summed E-state index contributed by atoms with van der Waals surface area (Å²) in [5.41, 5.74) is 3.37. The lowest BCUT2D eigenvalue weighted by molar-refractivity contribution is -0.688. The zero-order valence-electron chi connectivity index (χ0n) is 10.0. The van der Waals surface area contributed by atoms with E-state index < -0.39 is 0 Å². The third kappa shape index (κ3) is 3.77. The first kappa shape index (κ1) is 12.9. The number of thiazole rings is 1. The van der Waals surface area contributed by atoms with Crippen LogP contribution in [0.15, 0.2) is 17.7 Å². The SMILES string of the molecule is C/C=C/C[n+]1csc(CCOC(C)=O)c1C. The summed E-state index contributed by atoms with van der Waals surface area (Å²) < 4.78 is 7.14. The summed E-state index contributed by atoms with van der Waals surface area (Å²) in [7, 11) is 0. The molecule has 0 bridgehead atoms. The van der Waals surface area contributed by atoms with Crippen LogP contribution < -0.4 is 4.57 Å². The Morgan fingerprint density at radius 2 is 2.38 bits per heavy atom. The van der Waals surface area contributed by atoms with E-state index in [0.717, 1.165) is 13.0 Å². The molecule has 0 radical (unpaired) electrons. The minimum atomic E-state index is -0.212. The number of nitrogens with zero attached hydrogens (tertiary/aromatic N) is 1. The summed E-state index contributed by atoms with van der Waals surface area (Å²) in [6.45, 7) is 6.94. The van der Waals surface area contributed by atoms with E-state index in [-0.39, 0.29) is 5.97 Å². The van der Waals surface area contributed by atoms with Crippen molar-refractivity contribution < 1.29 is 14.1 Å². The smallest absolute Gasteiger partial charge is 0.302 e. The Labute approximate surface area is 100 Å². The second-order valence-corrected chi connectivity index (χ2v) is 4.48. The lowest BCUT2D eigenvalue weighted by Gasteiger charge is -1.98. The van der Waals surface area contributed by atoms with Gasteiger partial charge in [0.1, 0.15) is 0 Å². The second kappa shape index (κ2) is 6.43. The maximum absolute atomic E-state index is 10.6. The summed E-state index contributed by atoms with van der Waals surface area (Å²) in [5.74, 6) is -0.212. The van der Waals surface area contributed by atoms with Crippen molar-refractivity contribution in [2.75, 3.05) is 6.61 Å². The van der Waals surface area contributed by atoms with E-state index in [1.54, 1.807) is 11.3 Å². The number of esters is 1. The summed E-state index contributed by atoms with van der Waals surface area (Å²) in [6.07, 6.45) is 4.97. The molecule has 1 aromatic heterocycles. The zero-order valence-corrected chi connectivity index (χ0v) is 10.8. The molecule has 1 rings (SSSR count). The highest BCUT2D eigenvalue weighted by atomic mass is 32.1. The number of hydrogen-bond donors (Lipinski definition) is 0. The molecule has 1 heterocycles. The highest BCUT2D eigenvalue weighted by Gasteiger charge is 2.13. The Kier molecular flexibility index (Phi) is 5.19. The van der Waals surface area contributed by atoms with Crippen molar-refractivity contribution in [1.82, 2.24) is 0 Å². The lowest BCUT2D eigenvalue weighted by Crippen LogP contribution is -2.33. The Morgan fingerprint density at radius 3 is 3.00 bits per heavy atom.